The molecule has 0 atom stereocenters. The number of hydrogen-bond acceptors (Lipinski definition) is 7. The number of fused-ring (bicyclic) bond motifs is 6. The van der Waals surface area contributed by atoms with Crippen LogP contribution in [0, 0.1) is 0 Å². The summed E-state index contributed by atoms with van der Waals surface area (Å²) in [4.78, 5) is 13.5. The Bertz CT molecular complexity index is 1610. The van der Waals surface area contributed by atoms with Gasteiger partial charge in [-0.3, -0.25) is 18.2 Å². The Hall–Kier alpha value is -3.24. The highest BCUT2D eigenvalue weighted by atomic mass is 32.2. The number of thioether (sulfide) groups is 1. The molecule has 0 bridgehead atoms. The molecular formula is C19H13N7OS2. The van der Waals surface area contributed by atoms with Gasteiger partial charge < -0.3 is 0 Å². The van der Waals surface area contributed by atoms with E-state index in [0.29, 0.717) is 16.9 Å². The lowest BCUT2D eigenvalue weighted by molar-refractivity contribution is 0.857. The molecular weight excluding hydrogens is 406 g/mol. The maximum Gasteiger partial charge on any atom is 0.262 e. The predicted octanol–water partition coefficient (Wildman–Crippen LogP) is 3.13. The number of nitrogens with zero attached hydrogens (tertiary/aromatic N) is 7. The Kier molecular flexibility index (Phi) is 3.53. The molecule has 0 saturated heterocycles. The van der Waals surface area contributed by atoms with Gasteiger partial charge >= 0.3 is 0 Å². The van der Waals surface area contributed by atoms with Gasteiger partial charge in [0.2, 0.25) is 10.7 Å². The summed E-state index contributed by atoms with van der Waals surface area (Å²) in [5.74, 6) is 1.83. The maximum absolute atomic E-state index is 12.6. The topological polar surface area (TPSA) is 82.4 Å². The van der Waals surface area contributed by atoms with E-state index in [4.69, 9.17) is 0 Å². The van der Waals surface area contributed by atoms with E-state index >= 15 is 0 Å². The average molecular weight is 419 g/mol. The predicted molar refractivity (Wildman–Crippen MR) is 114 cm³/mol. The minimum atomic E-state index is -0.0800. The Morgan fingerprint density at radius 3 is 2.62 bits per heavy atom. The van der Waals surface area contributed by atoms with Crippen LogP contribution in [0.1, 0.15) is 5.82 Å². The first-order valence-corrected chi connectivity index (χ1v) is 10.7. The van der Waals surface area contributed by atoms with E-state index in [-0.39, 0.29) is 5.56 Å². The van der Waals surface area contributed by atoms with Crippen molar-refractivity contribution in [1.29, 1.82) is 0 Å². The molecule has 10 heteroatoms. The van der Waals surface area contributed by atoms with Crippen molar-refractivity contribution in [2.45, 2.75) is 10.9 Å². The third-order valence-corrected chi connectivity index (χ3v) is 6.87. The molecule has 0 amide bonds. The monoisotopic (exact) mass is 419 g/mol. The molecule has 4 aromatic heterocycles. The van der Waals surface area contributed by atoms with Gasteiger partial charge in [-0.25, -0.2) is 0 Å². The van der Waals surface area contributed by atoms with Crippen LogP contribution in [0.3, 0.4) is 0 Å². The number of thiazole rings is 1. The zero-order valence-corrected chi connectivity index (χ0v) is 16.8. The van der Waals surface area contributed by atoms with Crippen molar-refractivity contribution in [1.82, 2.24) is 33.8 Å². The van der Waals surface area contributed by atoms with E-state index in [1.165, 1.54) is 9.27 Å². The standard InChI is InChI=1S/C19H13N7OS2/c1-24-16(27)11-6-2-3-7-12(11)25-15(20-21-17(24)25)10-28-18-22-23-19-26(18)13-8-4-5-9-14(13)29-19/h2-9H,10H2,1H3. The first-order chi connectivity index (χ1) is 14.2. The molecule has 0 spiro atoms. The van der Waals surface area contributed by atoms with E-state index in [1.54, 1.807) is 30.1 Å². The van der Waals surface area contributed by atoms with Crippen LogP contribution in [0.2, 0.25) is 0 Å². The van der Waals surface area contributed by atoms with Gasteiger partial charge in [-0.15, -0.1) is 20.4 Å². The van der Waals surface area contributed by atoms with Crippen molar-refractivity contribution < 1.29 is 0 Å². The molecule has 8 nitrogen and oxygen atoms in total. The summed E-state index contributed by atoms with van der Waals surface area (Å²) in [5, 5.41) is 18.7. The van der Waals surface area contributed by atoms with Crippen LogP contribution in [0.15, 0.2) is 58.5 Å². The Labute approximate surface area is 171 Å². The first kappa shape index (κ1) is 16.7. The van der Waals surface area contributed by atoms with Crippen molar-refractivity contribution >= 4 is 55.0 Å². The third kappa shape index (κ3) is 2.36. The molecule has 6 rings (SSSR count). The molecule has 142 valence electrons. The van der Waals surface area contributed by atoms with Crippen LogP contribution in [-0.2, 0) is 12.8 Å². The van der Waals surface area contributed by atoms with E-state index in [2.05, 4.69) is 36.9 Å². The van der Waals surface area contributed by atoms with E-state index in [0.717, 1.165) is 27.0 Å². The number of aryl methyl sites for hydroxylation is 1. The summed E-state index contributed by atoms with van der Waals surface area (Å²) in [6.45, 7) is 0. The van der Waals surface area contributed by atoms with Gasteiger partial charge in [-0.05, 0) is 24.3 Å². The van der Waals surface area contributed by atoms with Crippen LogP contribution in [0.5, 0.6) is 0 Å². The molecule has 0 aliphatic heterocycles. The zero-order chi connectivity index (χ0) is 19.5. The van der Waals surface area contributed by atoms with Crippen LogP contribution >= 0.6 is 23.1 Å². The molecule has 0 N–H and O–H groups in total. The molecule has 0 aliphatic carbocycles. The second kappa shape index (κ2) is 6.13. The summed E-state index contributed by atoms with van der Waals surface area (Å²) in [6.07, 6.45) is 0. The molecule has 0 aliphatic rings. The lowest BCUT2D eigenvalue weighted by Gasteiger charge is -2.07. The maximum atomic E-state index is 12.6. The van der Waals surface area contributed by atoms with Gasteiger partial charge in [0, 0.05) is 7.05 Å². The van der Waals surface area contributed by atoms with Gasteiger partial charge in [0.1, 0.15) is 5.82 Å². The van der Waals surface area contributed by atoms with Gasteiger partial charge in [0.25, 0.3) is 5.56 Å². The van der Waals surface area contributed by atoms with Crippen molar-refractivity contribution in [2.24, 2.45) is 7.05 Å². The summed E-state index contributed by atoms with van der Waals surface area (Å²) in [7, 11) is 1.72. The average Bonchev–Trinajstić information content (AvgIpc) is 3.44. The van der Waals surface area contributed by atoms with E-state index < -0.39 is 0 Å². The van der Waals surface area contributed by atoms with Gasteiger partial charge in [0.05, 0.1) is 26.9 Å². The smallest absolute Gasteiger partial charge is 0.262 e. The number of aromatic nitrogens is 7. The number of rotatable bonds is 3. The molecule has 0 saturated carbocycles. The number of para-hydroxylation sites is 2. The van der Waals surface area contributed by atoms with Gasteiger partial charge in [-0.1, -0.05) is 47.4 Å². The Morgan fingerprint density at radius 1 is 0.931 bits per heavy atom. The van der Waals surface area contributed by atoms with Crippen LogP contribution in [0.4, 0.5) is 0 Å². The number of hydrogen-bond donors (Lipinski definition) is 0. The van der Waals surface area contributed by atoms with Crippen molar-refractivity contribution in [2.75, 3.05) is 0 Å². The molecule has 29 heavy (non-hydrogen) atoms. The highest BCUT2D eigenvalue weighted by Crippen LogP contribution is 2.30. The SMILES string of the molecule is Cn1c(=O)c2ccccc2n2c(CSc3nnc4sc5ccccc5n34)nnc12. The lowest BCUT2D eigenvalue weighted by atomic mass is 10.2. The zero-order valence-electron chi connectivity index (χ0n) is 15.2. The fraction of sp³-hybridized carbons (Fsp3) is 0.105. The molecule has 0 unspecified atom stereocenters. The fourth-order valence-electron chi connectivity index (χ4n) is 3.56. The molecule has 6 aromatic rings. The molecule has 2 aromatic carbocycles. The molecule has 0 radical (unpaired) electrons. The number of benzene rings is 2. The van der Waals surface area contributed by atoms with E-state index in [1.807, 2.05) is 40.8 Å². The normalized spacial score (nSPS) is 12.0. The highest BCUT2D eigenvalue weighted by Gasteiger charge is 2.17. The van der Waals surface area contributed by atoms with Crippen LogP contribution < -0.4 is 5.56 Å². The molecule has 4 heterocycles. The largest absolute Gasteiger partial charge is 0.279 e. The van der Waals surface area contributed by atoms with Crippen LogP contribution in [0.25, 0.3) is 31.9 Å². The second-order valence-corrected chi connectivity index (χ2v) is 8.54. The summed E-state index contributed by atoms with van der Waals surface area (Å²) >= 11 is 3.17. The molecule has 0 fully saturated rings. The lowest BCUT2D eigenvalue weighted by Crippen LogP contribution is -2.20. The Balaban J connectivity index is 1.48. The second-order valence-electron chi connectivity index (χ2n) is 6.59. The summed E-state index contributed by atoms with van der Waals surface area (Å²) < 4.78 is 6.72. The van der Waals surface area contributed by atoms with Crippen LogP contribution in [-0.4, -0.2) is 33.8 Å². The van der Waals surface area contributed by atoms with Crippen molar-refractivity contribution in [3.63, 3.8) is 0 Å². The highest BCUT2D eigenvalue weighted by molar-refractivity contribution is 7.98. The van der Waals surface area contributed by atoms with Crippen molar-refractivity contribution in [3.8, 4) is 0 Å². The third-order valence-electron chi connectivity index (χ3n) is 4.93. The van der Waals surface area contributed by atoms with E-state index in [9.17, 15) is 4.79 Å². The minimum Gasteiger partial charge on any atom is -0.279 e. The first-order valence-electron chi connectivity index (χ1n) is 8.89. The van der Waals surface area contributed by atoms with Crippen molar-refractivity contribution in [3.05, 3.63) is 64.7 Å². The Morgan fingerprint density at radius 2 is 1.72 bits per heavy atom. The fourth-order valence-corrected chi connectivity index (χ4v) is 5.44. The van der Waals surface area contributed by atoms with Gasteiger partial charge in [-0.2, -0.15) is 0 Å². The minimum absolute atomic E-state index is 0.0800. The van der Waals surface area contributed by atoms with Gasteiger partial charge in [0.15, 0.2) is 5.16 Å². The quantitative estimate of drug-likeness (QED) is 0.410. The summed E-state index contributed by atoms with van der Waals surface area (Å²) in [5.41, 5.74) is 1.82. The summed E-state index contributed by atoms with van der Waals surface area (Å²) in [6, 6.07) is 15.7.